The zero-order chi connectivity index (χ0) is 14.9. The smallest absolute Gasteiger partial charge is 0.378 e. The van der Waals surface area contributed by atoms with Crippen molar-refractivity contribution in [2.45, 2.75) is 32.0 Å². The van der Waals surface area contributed by atoms with Crippen LogP contribution in [-0.4, -0.2) is 49.3 Å². The predicted octanol–water partition coefficient (Wildman–Crippen LogP) is 1.40. The lowest BCUT2D eigenvalue weighted by molar-refractivity contribution is -0.182. The van der Waals surface area contributed by atoms with Gasteiger partial charge in [-0.15, -0.1) is 0 Å². The van der Waals surface area contributed by atoms with Crippen molar-refractivity contribution in [2.24, 2.45) is 23.5 Å². The number of hydrogen-bond donors (Lipinski definition) is 1. The minimum atomic E-state index is -4.36. The third kappa shape index (κ3) is 3.44. The van der Waals surface area contributed by atoms with Gasteiger partial charge < -0.3 is 15.4 Å². The van der Waals surface area contributed by atoms with E-state index in [0.717, 1.165) is 12.8 Å². The van der Waals surface area contributed by atoms with E-state index in [1.807, 2.05) is 6.92 Å². The van der Waals surface area contributed by atoms with Crippen LogP contribution in [0.25, 0.3) is 0 Å². The number of primary amides is 1. The number of halogens is 3. The van der Waals surface area contributed by atoms with Crippen LogP contribution in [0.15, 0.2) is 0 Å². The van der Waals surface area contributed by atoms with Gasteiger partial charge in [0.25, 0.3) is 0 Å². The molecule has 2 rings (SSSR count). The number of amides is 1. The van der Waals surface area contributed by atoms with Gasteiger partial charge in [0.1, 0.15) is 0 Å². The Morgan fingerprint density at radius 3 is 2.45 bits per heavy atom. The van der Waals surface area contributed by atoms with E-state index >= 15 is 0 Å². The molecule has 1 amide bonds. The maximum absolute atomic E-state index is 12.9. The topological polar surface area (TPSA) is 55.6 Å². The van der Waals surface area contributed by atoms with Crippen LogP contribution < -0.4 is 5.73 Å². The van der Waals surface area contributed by atoms with E-state index in [9.17, 15) is 18.0 Å². The molecule has 0 spiro atoms. The number of hydrogen-bond acceptors (Lipinski definition) is 3. The Hall–Kier alpha value is -0.820. The van der Waals surface area contributed by atoms with Crippen molar-refractivity contribution >= 4 is 5.91 Å². The fourth-order valence-corrected chi connectivity index (χ4v) is 3.21. The summed E-state index contributed by atoms with van der Waals surface area (Å²) in [5.74, 6) is -3.22. The van der Waals surface area contributed by atoms with Gasteiger partial charge in [0.05, 0.1) is 17.9 Å². The fraction of sp³-hybridized carbons (Fsp3) is 0.923. The number of likely N-dealkylation sites (tertiary alicyclic amines) is 1. The first-order chi connectivity index (χ1) is 9.31. The van der Waals surface area contributed by atoms with Crippen LogP contribution in [0.5, 0.6) is 0 Å². The molecule has 4 nitrogen and oxygen atoms in total. The van der Waals surface area contributed by atoms with E-state index in [1.54, 1.807) is 4.90 Å². The van der Waals surface area contributed by atoms with E-state index in [-0.39, 0.29) is 19.2 Å². The third-order valence-corrected chi connectivity index (χ3v) is 4.29. The van der Waals surface area contributed by atoms with Gasteiger partial charge in [-0.05, 0) is 25.7 Å². The average molecular weight is 294 g/mol. The maximum atomic E-state index is 12.9. The molecule has 20 heavy (non-hydrogen) atoms. The van der Waals surface area contributed by atoms with Crippen LogP contribution in [0.2, 0.25) is 0 Å². The molecule has 0 bridgehead atoms. The van der Waals surface area contributed by atoms with Crippen molar-refractivity contribution in [3.05, 3.63) is 0 Å². The number of ether oxygens (including phenoxy) is 1. The first kappa shape index (κ1) is 15.6. The highest BCUT2D eigenvalue weighted by Crippen LogP contribution is 2.39. The number of alkyl halides is 3. The molecule has 1 saturated carbocycles. The van der Waals surface area contributed by atoms with Crippen LogP contribution >= 0.6 is 0 Å². The number of nitrogens with zero attached hydrogens (tertiary/aromatic N) is 1. The number of carbonyl (C=O) groups excluding carboxylic acids is 1. The van der Waals surface area contributed by atoms with E-state index < -0.39 is 23.9 Å². The molecule has 1 heterocycles. The van der Waals surface area contributed by atoms with E-state index in [2.05, 4.69) is 0 Å². The van der Waals surface area contributed by atoms with Crippen LogP contribution in [0.3, 0.4) is 0 Å². The monoisotopic (exact) mass is 294 g/mol. The highest BCUT2D eigenvalue weighted by molar-refractivity contribution is 5.77. The second-order valence-electron chi connectivity index (χ2n) is 5.79. The molecule has 116 valence electrons. The summed E-state index contributed by atoms with van der Waals surface area (Å²) < 4.78 is 44.1. The van der Waals surface area contributed by atoms with Crippen LogP contribution in [0.4, 0.5) is 13.2 Å². The number of rotatable bonds is 5. The molecule has 0 aromatic rings. The molecule has 1 saturated heterocycles. The Labute approximate surface area is 116 Å². The van der Waals surface area contributed by atoms with Gasteiger partial charge in [-0.1, -0.05) is 0 Å². The van der Waals surface area contributed by atoms with Gasteiger partial charge in [-0.2, -0.15) is 13.2 Å². The quantitative estimate of drug-likeness (QED) is 0.834. The lowest BCUT2D eigenvalue weighted by Crippen LogP contribution is -2.39. The van der Waals surface area contributed by atoms with Crippen LogP contribution in [0, 0.1) is 17.8 Å². The lowest BCUT2D eigenvalue weighted by atomic mass is 9.82. The third-order valence-electron chi connectivity index (χ3n) is 4.29. The molecule has 2 N–H and O–H groups in total. The highest BCUT2D eigenvalue weighted by Gasteiger charge is 2.52. The van der Waals surface area contributed by atoms with Crippen molar-refractivity contribution in [1.29, 1.82) is 0 Å². The molecular formula is C13H21F3N2O2. The van der Waals surface area contributed by atoms with Crippen LogP contribution in [0.1, 0.15) is 19.8 Å². The second kappa shape index (κ2) is 5.89. The summed E-state index contributed by atoms with van der Waals surface area (Å²) in [5, 5.41) is 0. The van der Waals surface area contributed by atoms with Crippen molar-refractivity contribution < 1.29 is 22.7 Å². The lowest BCUT2D eigenvalue weighted by Gasteiger charge is -2.37. The van der Waals surface area contributed by atoms with Crippen molar-refractivity contribution in [2.75, 3.05) is 26.2 Å². The fourth-order valence-electron chi connectivity index (χ4n) is 3.21. The first-order valence-electron chi connectivity index (χ1n) is 7.01. The van der Waals surface area contributed by atoms with Crippen molar-refractivity contribution in [3.63, 3.8) is 0 Å². The molecule has 2 atom stereocenters. The molecule has 0 radical (unpaired) electrons. The van der Waals surface area contributed by atoms with Crippen molar-refractivity contribution in [3.8, 4) is 0 Å². The number of carbonyl (C=O) groups is 1. The van der Waals surface area contributed by atoms with E-state index in [4.69, 9.17) is 10.5 Å². The SMILES string of the molecule is CCOC1CC(CN2C[C@@H](C(F)(F)F)[C@H](C(N)=O)C2)C1. The van der Waals surface area contributed by atoms with Gasteiger partial charge in [-0.25, -0.2) is 0 Å². The molecule has 0 aromatic heterocycles. The Morgan fingerprint density at radius 1 is 1.35 bits per heavy atom. The zero-order valence-corrected chi connectivity index (χ0v) is 11.5. The van der Waals surface area contributed by atoms with Gasteiger partial charge in [0.2, 0.25) is 5.91 Å². The zero-order valence-electron chi connectivity index (χ0n) is 11.5. The summed E-state index contributed by atoms with van der Waals surface area (Å²) >= 11 is 0. The highest BCUT2D eigenvalue weighted by atomic mass is 19.4. The molecule has 2 aliphatic rings. The standard InChI is InChI=1S/C13H21F3N2O2/c1-2-20-9-3-8(4-9)5-18-6-10(12(17)19)11(7-18)13(14,15)16/h8-11H,2-7H2,1H3,(H2,17,19)/t8?,9?,10-,11-/m1/s1. The minimum absolute atomic E-state index is 0.118. The molecule has 0 aromatic carbocycles. The summed E-state index contributed by atoms with van der Waals surface area (Å²) in [6, 6.07) is 0. The molecule has 2 fully saturated rings. The normalized spacial score (nSPS) is 35.0. The average Bonchev–Trinajstić information content (AvgIpc) is 2.70. The first-order valence-corrected chi connectivity index (χ1v) is 7.01. The van der Waals surface area contributed by atoms with Crippen molar-refractivity contribution in [1.82, 2.24) is 4.90 Å². The summed E-state index contributed by atoms with van der Waals surface area (Å²) in [5.41, 5.74) is 5.10. The molecule has 1 aliphatic carbocycles. The predicted molar refractivity (Wildman–Crippen MR) is 66.8 cm³/mol. The summed E-state index contributed by atoms with van der Waals surface area (Å²) in [6.45, 7) is 3.20. The minimum Gasteiger partial charge on any atom is -0.378 e. The van der Waals surface area contributed by atoms with Gasteiger partial charge in [-0.3, -0.25) is 4.79 Å². The summed E-state index contributed by atoms with van der Waals surface area (Å²) in [4.78, 5) is 12.9. The molecule has 0 unspecified atom stereocenters. The Bertz CT molecular complexity index is 356. The van der Waals surface area contributed by atoms with E-state index in [0.29, 0.717) is 19.1 Å². The Kier molecular flexibility index (Phi) is 4.59. The van der Waals surface area contributed by atoms with Gasteiger partial charge >= 0.3 is 6.18 Å². The van der Waals surface area contributed by atoms with Crippen LogP contribution in [-0.2, 0) is 9.53 Å². The molecule has 1 aliphatic heterocycles. The van der Waals surface area contributed by atoms with Gasteiger partial charge in [0.15, 0.2) is 0 Å². The maximum Gasteiger partial charge on any atom is 0.393 e. The second-order valence-corrected chi connectivity index (χ2v) is 5.79. The van der Waals surface area contributed by atoms with Gasteiger partial charge in [0, 0.05) is 26.2 Å². The Balaban J connectivity index is 1.85. The molecular weight excluding hydrogens is 273 g/mol. The Morgan fingerprint density at radius 2 is 2.00 bits per heavy atom. The van der Waals surface area contributed by atoms with E-state index in [1.165, 1.54) is 0 Å². The largest absolute Gasteiger partial charge is 0.393 e. The molecule has 7 heteroatoms. The summed E-state index contributed by atoms with van der Waals surface area (Å²) in [6.07, 6.45) is -2.33. The number of nitrogens with two attached hydrogens (primary N) is 1. The summed E-state index contributed by atoms with van der Waals surface area (Å²) in [7, 11) is 0.